The van der Waals surface area contributed by atoms with E-state index in [2.05, 4.69) is 43.3 Å². The maximum absolute atomic E-state index is 10.8. The minimum Gasteiger partial charge on any atom is -0.508 e. The Bertz CT molecular complexity index is 895. The van der Waals surface area contributed by atoms with Crippen molar-refractivity contribution in [2.24, 2.45) is 23.2 Å². The van der Waals surface area contributed by atoms with Crippen molar-refractivity contribution in [2.45, 2.75) is 50.5 Å². The monoisotopic (exact) mass is 392 g/mol. The molecule has 0 aliphatic heterocycles. The average molecular weight is 393 g/mol. The highest BCUT2D eigenvalue weighted by Gasteiger charge is 2.59. The van der Waals surface area contributed by atoms with Crippen LogP contribution < -0.4 is 0 Å². The molecular weight excluding hydrogens is 364 g/mol. The van der Waals surface area contributed by atoms with Gasteiger partial charge in [0.25, 0.3) is 0 Å². The zero-order valence-electron chi connectivity index (χ0n) is 16.3. The van der Waals surface area contributed by atoms with E-state index in [-0.39, 0.29) is 17.4 Å². The SMILES string of the molecule is C[C@]12CC[C@@H]3c4ccc(O)cc4C[C@@H](c4ccccc4)[C@H]3[C@@H]1[C@H](C=S)[C@@H](O)C2. The molecule has 0 spiro atoms. The number of aliphatic hydroxyl groups is 1. The van der Waals surface area contributed by atoms with E-state index in [0.29, 0.717) is 29.4 Å². The van der Waals surface area contributed by atoms with Gasteiger partial charge in [0.2, 0.25) is 0 Å². The minimum absolute atomic E-state index is 0.0951. The lowest BCUT2D eigenvalue weighted by atomic mass is 9.51. The van der Waals surface area contributed by atoms with Gasteiger partial charge in [-0.05, 0) is 89.0 Å². The van der Waals surface area contributed by atoms with Crippen molar-refractivity contribution in [1.82, 2.24) is 0 Å². The molecule has 0 saturated heterocycles. The van der Waals surface area contributed by atoms with Crippen LogP contribution in [-0.2, 0) is 6.42 Å². The Hall–Kier alpha value is -1.71. The molecule has 0 heterocycles. The van der Waals surface area contributed by atoms with E-state index in [1.54, 1.807) is 0 Å². The van der Waals surface area contributed by atoms with Crippen LogP contribution in [0.25, 0.3) is 0 Å². The van der Waals surface area contributed by atoms with Crippen molar-refractivity contribution in [3.05, 3.63) is 65.2 Å². The minimum atomic E-state index is -0.316. The third kappa shape index (κ3) is 2.67. The number of phenolic OH excluding ortho intramolecular Hbond substituents is 1. The maximum Gasteiger partial charge on any atom is 0.115 e. The van der Waals surface area contributed by atoms with Crippen LogP contribution >= 0.6 is 12.2 Å². The van der Waals surface area contributed by atoms with Crippen LogP contribution in [0.2, 0.25) is 0 Å². The van der Waals surface area contributed by atoms with Crippen LogP contribution in [0.15, 0.2) is 48.5 Å². The summed E-state index contributed by atoms with van der Waals surface area (Å²) in [4.78, 5) is 0. The van der Waals surface area contributed by atoms with Crippen molar-refractivity contribution in [3.63, 3.8) is 0 Å². The Morgan fingerprint density at radius 2 is 1.89 bits per heavy atom. The maximum atomic E-state index is 10.8. The Kier molecular flexibility index (Phi) is 4.37. The Labute approximate surface area is 172 Å². The van der Waals surface area contributed by atoms with Gasteiger partial charge in [0.1, 0.15) is 5.75 Å². The van der Waals surface area contributed by atoms with E-state index in [0.717, 1.165) is 25.7 Å². The number of aromatic hydroxyl groups is 1. The predicted octanol–water partition coefficient (Wildman–Crippen LogP) is 5.23. The Balaban J connectivity index is 1.68. The van der Waals surface area contributed by atoms with Crippen LogP contribution in [0.1, 0.15) is 54.7 Å². The van der Waals surface area contributed by atoms with E-state index in [1.807, 2.05) is 17.5 Å². The first kappa shape index (κ1) is 18.3. The summed E-state index contributed by atoms with van der Waals surface area (Å²) in [7, 11) is 0. The molecule has 2 saturated carbocycles. The summed E-state index contributed by atoms with van der Waals surface area (Å²) in [5.74, 6) is 2.20. The van der Waals surface area contributed by atoms with E-state index < -0.39 is 0 Å². The van der Waals surface area contributed by atoms with Gasteiger partial charge in [-0.1, -0.05) is 55.5 Å². The molecule has 7 atom stereocenters. The van der Waals surface area contributed by atoms with Crippen LogP contribution in [-0.4, -0.2) is 21.7 Å². The quantitative estimate of drug-likeness (QED) is 0.688. The molecule has 5 rings (SSSR count). The zero-order valence-corrected chi connectivity index (χ0v) is 17.1. The topological polar surface area (TPSA) is 40.5 Å². The highest BCUT2D eigenvalue weighted by molar-refractivity contribution is 7.79. The second kappa shape index (κ2) is 6.67. The number of rotatable bonds is 2. The van der Waals surface area contributed by atoms with Gasteiger partial charge in [0, 0.05) is 5.92 Å². The zero-order chi connectivity index (χ0) is 19.5. The van der Waals surface area contributed by atoms with Crippen LogP contribution in [0.3, 0.4) is 0 Å². The molecule has 2 N–H and O–H groups in total. The number of fused-ring (bicyclic) bond motifs is 5. The first-order chi connectivity index (χ1) is 13.5. The third-order valence-corrected chi connectivity index (χ3v) is 8.37. The van der Waals surface area contributed by atoms with E-state index in [1.165, 1.54) is 16.7 Å². The molecule has 2 nitrogen and oxygen atoms in total. The third-order valence-electron chi connectivity index (χ3n) is 8.06. The Morgan fingerprint density at radius 3 is 2.64 bits per heavy atom. The van der Waals surface area contributed by atoms with Gasteiger partial charge in [0.15, 0.2) is 0 Å². The van der Waals surface area contributed by atoms with Crippen molar-refractivity contribution in [2.75, 3.05) is 0 Å². The van der Waals surface area contributed by atoms with E-state index in [4.69, 9.17) is 12.2 Å². The summed E-state index contributed by atoms with van der Waals surface area (Å²) in [5, 5.41) is 22.8. The van der Waals surface area contributed by atoms with Crippen molar-refractivity contribution < 1.29 is 10.2 Å². The molecule has 2 aromatic rings. The summed E-state index contributed by atoms with van der Waals surface area (Å²) < 4.78 is 0. The van der Waals surface area contributed by atoms with Gasteiger partial charge in [-0.15, -0.1) is 0 Å². The fourth-order valence-electron chi connectivity index (χ4n) is 6.98. The normalized spacial score (nSPS) is 38.9. The number of hydrogen-bond donors (Lipinski definition) is 2. The predicted molar refractivity (Wildman–Crippen MR) is 116 cm³/mol. The number of aliphatic hydroxyl groups excluding tert-OH is 1. The van der Waals surface area contributed by atoms with Crippen LogP contribution in [0.5, 0.6) is 5.75 Å². The molecular formula is C25H28O2S. The molecule has 146 valence electrons. The molecule has 28 heavy (non-hydrogen) atoms. The molecule has 0 radical (unpaired) electrons. The smallest absolute Gasteiger partial charge is 0.115 e. The molecule has 3 aliphatic rings. The van der Waals surface area contributed by atoms with Crippen molar-refractivity contribution in [3.8, 4) is 5.75 Å². The highest BCUT2D eigenvalue weighted by Crippen LogP contribution is 2.65. The van der Waals surface area contributed by atoms with Crippen molar-refractivity contribution >= 4 is 17.6 Å². The fourth-order valence-corrected chi connectivity index (χ4v) is 7.34. The number of benzene rings is 2. The summed E-state index contributed by atoms with van der Waals surface area (Å²) in [5.41, 5.74) is 4.22. The fraction of sp³-hybridized carbons (Fsp3) is 0.480. The standard InChI is InChI=1S/C25H28O2S/c1-25-10-9-19-18-8-7-17(26)11-16(18)12-20(15-5-3-2-4-6-15)23(19)24(25)21(14-28)22(27)13-25/h2-8,11,14,19-24,26-27H,9-10,12-13H2,1H3/t19-,20+,21-,22+,23+,24+,25-/m1/s1. The molecule has 0 amide bonds. The lowest BCUT2D eigenvalue weighted by Crippen LogP contribution is -2.45. The molecule has 0 aromatic heterocycles. The average Bonchev–Trinajstić information content (AvgIpc) is 2.96. The molecule has 3 aliphatic carbocycles. The van der Waals surface area contributed by atoms with Crippen molar-refractivity contribution in [1.29, 1.82) is 0 Å². The van der Waals surface area contributed by atoms with E-state index >= 15 is 0 Å². The second-order valence-corrected chi connectivity index (χ2v) is 9.76. The van der Waals surface area contributed by atoms with Gasteiger partial charge >= 0.3 is 0 Å². The summed E-state index contributed by atoms with van der Waals surface area (Å²) in [6.45, 7) is 2.38. The summed E-state index contributed by atoms with van der Waals surface area (Å²) >= 11 is 5.43. The van der Waals surface area contributed by atoms with Gasteiger partial charge < -0.3 is 10.2 Å². The molecule has 0 unspecified atom stereocenters. The van der Waals surface area contributed by atoms with Gasteiger partial charge in [-0.25, -0.2) is 0 Å². The molecule has 3 heteroatoms. The van der Waals surface area contributed by atoms with E-state index in [9.17, 15) is 10.2 Å². The highest BCUT2D eigenvalue weighted by atomic mass is 32.1. The van der Waals surface area contributed by atoms with Gasteiger partial charge in [-0.2, -0.15) is 0 Å². The first-order valence-corrected chi connectivity index (χ1v) is 11.0. The summed E-state index contributed by atoms with van der Waals surface area (Å²) in [6.07, 6.45) is 3.78. The lowest BCUT2D eigenvalue weighted by Gasteiger charge is -2.53. The van der Waals surface area contributed by atoms with Crippen LogP contribution in [0.4, 0.5) is 0 Å². The molecule has 2 fully saturated rings. The number of thiocarbonyl (C=S) groups is 1. The molecule has 0 bridgehead atoms. The van der Waals surface area contributed by atoms with Gasteiger partial charge in [-0.3, -0.25) is 0 Å². The van der Waals surface area contributed by atoms with Gasteiger partial charge in [0.05, 0.1) is 6.10 Å². The molecule has 2 aromatic carbocycles. The number of phenols is 1. The first-order valence-electron chi connectivity index (χ1n) is 10.5. The largest absolute Gasteiger partial charge is 0.508 e. The Morgan fingerprint density at radius 1 is 1.11 bits per heavy atom. The van der Waals surface area contributed by atoms with Crippen LogP contribution in [0, 0.1) is 23.2 Å². The summed E-state index contributed by atoms with van der Waals surface area (Å²) in [6, 6.07) is 16.8. The lowest BCUT2D eigenvalue weighted by molar-refractivity contribution is 0.0362. The number of hydrogen-bond acceptors (Lipinski definition) is 3. The second-order valence-electron chi connectivity index (χ2n) is 9.49.